The maximum absolute atomic E-state index is 11.8. The van der Waals surface area contributed by atoms with Crippen molar-refractivity contribution < 1.29 is 4.79 Å². The second kappa shape index (κ2) is 7.69. The lowest BCUT2D eigenvalue weighted by Crippen LogP contribution is -2.39. The molecule has 15 heavy (non-hydrogen) atoms. The van der Waals surface area contributed by atoms with E-state index in [-0.39, 0.29) is 11.9 Å². The molecule has 2 N–H and O–H groups in total. The number of carbonyl (C=O) groups is 1. The lowest BCUT2D eigenvalue weighted by molar-refractivity contribution is -0.132. The molecule has 0 heterocycles. The zero-order valence-corrected chi connectivity index (χ0v) is 10.6. The van der Waals surface area contributed by atoms with E-state index in [1.165, 1.54) is 0 Å². The molecular formula is C12H26N2O. The number of amides is 1. The van der Waals surface area contributed by atoms with Crippen molar-refractivity contribution in [3.05, 3.63) is 0 Å². The first-order valence-corrected chi connectivity index (χ1v) is 6.07. The molecule has 1 atom stereocenters. The number of nitrogens with two attached hydrogens (primary N) is 1. The van der Waals surface area contributed by atoms with Crippen molar-refractivity contribution >= 4 is 5.91 Å². The molecule has 0 aliphatic carbocycles. The van der Waals surface area contributed by atoms with Crippen LogP contribution in [0.5, 0.6) is 0 Å². The summed E-state index contributed by atoms with van der Waals surface area (Å²) in [5.74, 6) is 0.185. The van der Waals surface area contributed by atoms with Crippen LogP contribution in [-0.4, -0.2) is 29.9 Å². The van der Waals surface area contributed by atoms with Gasteiger partial charge in [-0.15, -0.1) is 0 Å². The summed E-state index contributed by atoms with van der Waals surface area (Å²) in [6, 6.07) is 0.394. The third-order valence-corrected chi connectivity index (χ3v) is 2.98. The van der Waals surface area contributed by atoms with Crippen LogP contribution in [0.1, 0.15) is 52.9 Å². The molecule has 90 valence electrons. The number of nitrogens with zero attached hydrogens (tertiary/aromatic N) is 1. The van der Waals surface area contributed by atoms with E-state index in [2.05, 4.69) is 20.8 Å². The molecule has 0 fully saturated rings. The minimum absolute atomic E-state index is 0.0271. The lowest BCUT2D eigenvalue weighted by atomic mass is 10.1. The molecule has 1 amide bonds. The Hall–Kier alpha value is -0.570. The summed E-state index contributed by atoms with van der Waals surface area (Å²) >= 11 is 0. The van der Waals surface area contributed by atoms with Gasteiger partial charge in [0, 0.05) is 25.6 Å². The monoisotopic (exact) mass is 214 g/mol. The van der Waals surface area contributed by atoms with Crippen LogP contribution in [0.4, 0.5) is 0 Å². The van der Waals surface area contributed by atoms with Crippen LogP contribution in [0.2, 0.25) is 0 Å². The fraction of sp³-hybridized carbons (Fsp3) is 0.917. The fourth-order valence-corrected chi connectivity index (χ4v) is 1.88. The van der Waals surface area contributed by atoms with Crippen molar-refractivity contribution in [1.29, 1.82) is 0 Å². The summed E-state index contributed by atoms with van der Waals surface area (Å²) in [6.45, 7) is 6.32. The average molecular weight is 214 g/mol. The number of carbonyl (C=O) groups excluding carboxylic acids is 1. The molecule has 0 aromatic rings. The minimum Gasteiger partial charge on any atom is -0.343 e. The van der Waals surface area contributed by atoms with E-state index < -0.39 is 0 Å². The van der Waals surface area contributed by atoms with Gasteiger partial charge in [0.2, 0.25) is 5.91 Å². The first-order chi connectivity index (χ1) is 7.06. The van der Waals surface area contributed by atoms with E-state index in [4.69, 9.17) is 5.73 Å². The van der Waals surface area contributed by atoms with Gasteiger partial charge in [-0.2, -0.15) is 0 Å². The SMILES string of the molecule is CCCC(N)CC(=O)N(C)C(CC)CC. The van der Waals surface area contributed by atoms with Gasteiger partial charge in [0.1, 0.15) is 0 Å². The van der Waals surface area contributed by atoms with E-state index in [0.29, 0.717) is 12.5 Å². The molecule has 1 unspecified atom stereocenters. The molecule has 3 heteroatoms. The summed E-state index contributed by atoms with van der Waals surface area (Å²) in [4.78, 5) is 13.7. The summed E-state index contributed by atoms with van der Waals surface area (Å²) in [6.07, 6.45) is 4.50. The van der Waals surface area contributed by atoms with Crippen LogP contribution >= 0.6 is 0 Å². The molecule has 0 aromatic heterocycles. The normalized spacial score (nSPS) is 12.9. The Morgan fingerprint density at radius 3 is 2.20 bits per heavy atom. The van der Waals surface area contributed by atoms with E-state index in [9.17, 15) is 4.79 Å². The van der Waals surface area contributed by atoms with Crippen LogP contribution in [0.25, 0.3) is 0 Å². The maximum Gasteiger partial charge on any atom is 0.224 e. The second-order valence-corrected chi connectivity index (χ2v) is 4.23. The Balaban J connectivity index is 4.07. The van der Waals surface area contributed by atoms with Crippen molar-refractivity contribution in [1.82, 2.24) is 4.90 Å². The summed E-state index contributed by atoms with van der Waals surface area (Å²) in [7, 11) is 1.89. The van der Waals surface area contributed by atoms with Crippen LogP contribution in [0.15, 0.2) is 0 Å². The molecule has 0 aliphatic rings. The van der Waals surface area contributed by atoms with Crippen LogP contribution < -0.4 is 5.73 Å². The summed E-state index contributed by atoms with van der Waals surface area (Å²) in [5.41, 5.74) is 5.86. The largest absolute Gasteiger partial charge is 0.343 e. The van der Waals surface area contributed by atoms with Crippen molar-refractivity contribution in [2.75, 3.05) is 7.05 Å². The number of hydrogen-bond donors (Lipinski definition) is 1. The molecule has 0 bridgehead atoms. The van der Waals surface area contributed by atoms with Crippen LogP contribution in [-0.2, 0) is 4.79 Å². The van der Waals surface area contributed by atoms with Gasteiger partial charge in [-0.25, -0.2) is 0 Å². The zero-order valence-electron chi connectivity index (χ0n) is 10.6. The van der Waals surface area contributed by atoms with Crippen molar-refractivity contribution in [3.8, 4) is 0 Å². The average Bonchev–Trinajstić information content (AvgIpc) is 2.19. The lowest BCUT2D eigenvalue weighted by Gasteiger charge is -2.27. The number of rotatable bonds is 7. The van der Waals surface area contributed by atoms with E-state index in [1.807, 2.05) is 11.9 Å². The van der Waals surface area contributed by atoms with Gasteiger partial charge in [0.15, 0.2) is 0 Å². The Morgan fingerprint density at radius 1 is 1.27 bits per heavy atom. The Kier molecular flexibility index (Phi) is 7.39. The smallest absolute Gasteiger partial charge is 0.224 e. The van der Waals surface area contributed by atoms with E-state index in [0.717, 1.165) is 25.7 Å². The van der Waals surface area contributed by atoms with E-state index in [1.54, 1.807) is 0 Å². The van der Waals surface area contributed by atoms with Gasteiger partial charge in [0.05, 0.1) is 0 Å². The van der Waals surface area contributed by atoms with Gasteiger partial charge >= 0.3 is 0 Å². The molecule has 0 rings (SSSR count). The maximum atomic E-state index is 11.8. The highest BCUT2D eigenvalue weighted by Crippen LogP contribution is 2.09. The van der Waals surface area contributed by atoms with Gasteiger partial charge < -0.3 is 10.6 Å². The highest BCUT2D eigenvalue weighted by atomic mass is 16.2. The van der Waals surface area contributed by atoms with Crippen LogP contribution in [0.3, 0.4) is 0 Å². The molecule has 0 aliphatic heterocycles. The van der Waals surface area contributed by atoms with Crippen molar-refractivity contribution in [2.45, 2.75) is 65.0 Å². The van der Waals surface area contributed by atoms with Crippen molar-refractivity contribution in [2.24, 2.45) is 5.73 Å². The fourth-order valence-electron chi connectivity index (χ4n) is 1.88. The molecule has 0 saturated heterocycles. The predicted molar refractivity (Wildman–Crippen MR) is 64.6 cm³/mol. The van der Waals surface area contributed by atoms with E-state index >= 15 is 0 Å². The summed E-state index contributed by atoms with van der Waals surface area (Å²) < 4.78 is 0. The quantitative estimate of drug-likeness (QED) is 0.706. The predicted octanol–water partition coefficient (Wildman–Crippen LogP) is 2.15. The van der Waals surface area contributed by atoms with Crippen LogP contribution in [0, 0.1) is 0 Å². The third kappa shape index (κ3) is 5.17. The highest BCUT2D eigenvalue weighted by molar-refractivity contribution is 5.76. The molecule has 0 radical (unpaired) electrons. The first kappa shape index (κ1) is 14.4. The standard InChI is InChI=1S/C12H26N2O/c1-5-8-10(13)9-12(15)14(4)11(6-2)7-3/h10-11H,5-9,13H2,1-4H3. The molecule has 0 saturated carbocycles. The van der Waals surface area contributed by atoms with Gasteiger partial charge in [-0.1, -0.05) is 27.2 Å². The van der Waals surface area contributed by atoms with Gasteiger partial charge in [-0.3, -0.25) is 4.79 Å². The minimum atomic E-state index is 0.0271. The molecular weight excluding hydrogens is 188 g/mol. The molecule has 3 nitrogen and oxygen atoms in total. The second-order valence-electron chi connectivity index (χ2n) is 4.23. The molecule has 0 spiro atoms. The Morgan fingerprint density at radius 2 is 1.80 bits per heavy atom. The Bertz CT molecular complexity index is 178. The van der Waals surface area contributed by atoms with Gasteiger partial charge in [0.25, 0.3) is 0 Å². The summed E-state index contributed by atoms with van der Waals surface area (Å²) in [5, 5.41) is 0. The molecule has 0 aromatic carbocycles. The first-order valence-electron chi connectivity index (χ1n) is 6.07. The van der Waals surface area contributed by atoms with Gasteiger partial charge in [-0.05, 0) is 19.3 Å². The Labute approximate surface area is 94.0 Å². The third-order valence-electron chi connectivity index (χ3n) is 2.98. The topological polar surface area (TPSA) is 46.3 Å². The van der Waals surface area contributed by atoms with Crippen molar-refractivity contribution in [3.63, 3.8) is 0 Å². The highest BCUT2D eigenvalue weighted by Gasteiger charge is 2.18. The zero-order chi connectivity index (χ0) is 11.8. The number of hydrogen-bond acceptors (Lipinski definition) is 2.